The molecule has 0 atom stereocenters. The molecule has 0 aliphatic rings. The highest BCUT2D eigenvalue weighted by Gasteiger charge is 2.26. The molecule has 0 fully saturated rings. The number of rotatable bonds is 8. The lowest BCUT2D eigenvalue weighted by Crippen LogP contribution is -2.26. The van der Waals surface area contributed by atoms with Crippen LogP contribution in [-0.4, -0.2) is 22.6 Å². The van der Waals surface area contributed by atoms with Gasteiger partial charge in [0.15, 0.2) is 23.3 Å². The number of carboxylic acid groups (broad SMARTS) is 1. The Hall–Kier alpha value is -2.90. The maximum Gasteiger partial charge on any atom is 0.310 e. The molecule has 0 amide bonds. The molecule has 0 heterocycles. The van der Waals surface area contributed by atoms with Gasteiger partial charge in [-0.15, -0.1) is 0 Å². The van der Waals surface area contributed by atoms with Crippen molar-refractivity contribution < 1.29 is 37.0 Å². The van der Waals surface area contributed by atoms with Crippen LogP contribution in [0.1, 0.15) is 133 Å². The van der Waals surface area contributed by atoms with Crippen molar-refractivity contribution in [3.05, 3.63) is 68.8 Å². The molecule has 0 aromatic heterocycles. The average molecular weight is 569 g/mol. The molecule has 0 spiro atoms. The van der Waals surface area contributed by atoms with E-state index in [9.17, 15) is 27.2 Å². The van der Waals surface area contributed by atoms with E-state index in [1.54, 1.807) is 48.5 Å². The van der Waals surface area contributed by atoms with E-state index in [2.05, 4.69) is 0 Å². The molecule has 2 aromatic carbocycles. The smallest absolute Gasteiger partial charge is 0.310 e. The Balaban J connectivity index is 0.000000408. The van der Waals surface area contributed by atoms with Crippen LogP contribution in [-0.2, 0) is 27.2 Å². The molecule has 0 bridgehead atoms. The van der Waals surface area contributed by atoms with E-state index in [0.717, 1.165) is 6.07 Å². The highest BCUT2D eigenvalue weighted by Crippen LogP contribution is 2.34. The largest absolute Gasteiger partial charge is 0.481 e. The molecule has 0 aliphatic heterocycles. The minimum atomic E-state index is -1.04. The van der Waals surface area contributed by atoms with Gasteiger partial charge < -0.3 is 9.84 Å². The van der Waals surface area contributed by atoms with Crippen molar-refractivity contribution in [3.63, 3.8) is 0 Å². The van der Waals surface area contributed by atoms with E-state index in [-0.39, 0.29) is 47.6 Å². The number of halogens is 4. The maximum absolute atomic E-state index is 14.2. The Morgan fingerprint density at radius 1 is 0.700 bits per heavy atom. The molecular weight excluding hydrogens is 524 g/mol. The van der Waals surface area contributed by atoms with Crippen LogP contribution in [0.25, 0.3) is 0 Å². The van der Waals surface area contributed by atoms with Crippen molar-refractivity contribution in [2.24, 2.45) is 0 Å². The monoisotopic (exact) mass is 568 g/mol. The first-order valence-electron chi connectivity index (χ1n) is 13.6. The Morgan fingerprint density at radius 3 is 1.32 bits per heavy atom. The topological polar surface area (TPSA) is 63.6 Å². The fraction of sp³-hybridized carbons (Fsp3) is 0.562. The van der Waals surface area contributed by atoms with E-state index in [1.807, 2.05) is 27.7 Å². The van der Waals surface area contributed by atoms with E-state index >= 15 is 0 Å². The zero-order valence-corrected chi connectivity index (χ0v) is 25.6. The molecule has 8 heteroatoms. The van der Waals surface area contributed by atoms with Crippen LogP contribution in [0.4, 0.5) is 17.6 Å². The SMILES string of the molecule is CC(C)c1cc(F)c(F)c(C(C)C)c1CC(=O)O.CC(C)c1cc(F)c(F)c(C(C)C)c1CC(=O)OC(C)(C)C. The van der Waals surface area contributed by atoms with Gasteiger partial charge in [-0.2, -0.15) is 0 Å². The van der Waals surface area contributed by atoms with Crippen LogP contribution in [0.2, 0.25) is 0 Å². The van der Waals surface area contributed by atoms with Gasteiger partial charge in [0, 0.05) is 0 Å². The summed E-state index contributed by atoms with van der Waals surface area (Å²) in [5.74, 6) is -5.55. The van der Waals surface area contributed by atoms with E-state index < -0.39 is 40.8 Å². The van der Waals surface area contributed by atoms with Crippen LogP contribution in [0.5, 0.6) is 0 Å². The Kier molecular flexibility index (Phi) is 12.4. The van der Waals surface area contributed by atoms with Crippen molar-refractivity contribution in [3.8, 4) is 0 Å². The first-order chi connectivity index (χ1) is 18.2. The second-order valence-corrected chi connectivity index (χ2v) is 12.3. The lowest BCUT2D eigenvalue weighted by Gasteiger charge is -2.23. The van der Waals surface area contributed by atoms with Crippen molar-refractivity contribution in [2.45, 2.75) is 118 Å². The lowest BCUT2D eigenvalue weighted by atomic mass is 9.86. The number of ether oxygens (including phenoxy) is 1. The Labute approximate surface area is 236 Å². The summed E-state index contributed by atoms with van der Waals surface area (Å²) in [5.41, 5.74) is 2.04. The maximum atomic E-state index is 14.2. The molecule has 0 aliphatic carbocycles. The van der Waals surface area contributed by atoms with Gasteiger partial charge in [0.1, 0.15) is 5.60 Å². The molecule has 0 radical (unpaired) electrons. The van der Waals surface area contributed by atoms with Crippen LogP contribution >= 0.6 is 0 Å². The number of carbonyl (C=O) groups is 2. The van der Waals surface area contributed by atoms with Gasteiger partial charge in [-0.05, 0) is 90.0 Å². The van der Waals surface area contributed by atoms with Crippen LogP contribution < -0.4 is 0 Å². The van der Waals surface area contributed by atoms with Crippen molar-refractivity contribution in [1.29, 1.82) is 0 Å². The molecule has 0 saturated heterocycles. The first kappa shape index (κ1) is 35.1. The molecular formula is C32H44F4O4. The quantitative estimate of drug-likeness (QED) is 0.255. The predicted octanol–water partition coefficient (Wildman–Crippen LogP) is 8.93. The molecule has 0 unspecified atom stereocenters. The normalized spacial score (nSPS) is 11.8. The summed E-state index contributed by atoms with van der Waals surface area (Å²) in [4.78, 5) is 23.0. The molecule has 1 N–H and O–H groups in total. The molecule has 4 nitrogen and oxygen atoms in total. The number of hydrogen-bond donors (Lipinski definition) is 1. The van der Waals surface area contributed by atoms with Crippen LogP contribution in [0, 0.1) is 23.3 Å². The number of benzene rings is 2. The lowest BCUT2D eigenvalue weighted by molar-refractivity contribution is -0.154. The zero-order chi connectivity index (χ0) is 31.3. The van der Waals surface area contributed by atoms with Crippen molar-refractivity contribution in [2.75, 3.05) is 0 Å². The van der Waals surface area contributed by atoms with Gasteiger partial charge in [-0.3, -0.25) is 9.59 Å². The highest BCUT2D eigenvalue weighted by atomic mass is 19.2. The second-order valence-electron chi connectivity index (χ2n) is 12.3. The Bertz CT molecular complexity index is 1210. The van der Waals surface area contributed by atoms with Crippen LogP contribution in [0.3, 0.4) is 0 Å². The van der Waals surface area contributed by atoms with Crippen LogP contribution in [0.15, 0.2) is 12.1 Å². The third-order valence-corrected chi connectivity index (χ3v) is 6.27. The fourth-order valence-electron chi connectivity index (χ4n) is 4.71. The van der Waals surface area contributed by atoms with Gasteiger partial charge in [0.05, 0.1) is 12.8 Å². The fourth-order valence-corrected chi connectivity index (χ4v) is 4.71. The second kappa shape index (κ2) is 14.1. The molecule has 2 rings (SSSR count). The van der Waals surface area contributed by atoms with Gasteiger partial charge in [0.2, 0.25) is 0 Å². The summed E-state index contributed by atoms with van der Waals surface area (Å²) >= 11 is 0. The predicted molar refractivity (Wildman–Crippen MR) is 150 cm³/mol. The Morgan fingerprint density at radius 2 is 1.05 bits per heavy atom. The highest BCUT2D eigenvalue weighted by molar-refractivity contribution is 5.74. The number of esters is 1. The number of carboxylic acids is 1. The van der Waals surface area contributed by atoms with Gasteiger partial charge in [0.25, 0.3) is 0 Å². The minimum Gasteiger partial charge on any atom is -0.481 e. The molecule has 0 saturated carbocycles. The van der Waals surface area contributed by atoms with E-state index in [0.29, 0.717) is 22.3 Å². The number of carbonyl (C=O) groups excluding carboxylic acids is 1. The van der Waals surface area contributed by atoms with Gasteiger partial charge >= 0.3 is 11.9 Å². The summed E-state index contributed by atoms with van der Waals surface area (Å²) in [6.07, 6.45) is -0.326. The summed E-state index contributed by atoms with van der Waals surface area (Å²) < 4.78 is 60.8. The number of hydrogen-bond acceptors (Lipinski definition) is 3. The summed E-state index contributed by atoms with van der Waals surface area (Å²) in [6, 6.07) is 2.32. The third-order valence-electron chi connectivity index (χ3n) is 6.27. The first-order valence-corrected chi connectivity index (χ1v) is 13.6. The van der Waals surface area contributed by atoms with E-state index in [1.165, 1.54) is 6.07 Å². The summed E-state index contributed by atoms with van der Waals surface area (Å²) in [5, 5.41) is 8.92. The average Bonchev–Trinajstić information content (AvgIpc) is 2.76. The van der Waals surface area contributed by atoms with Gasteiger partial charge in [-0.1, -0.05) is 55.4 Å². The van der Waals surface area contributed by atoms with Crippen molar-refractivity contribution in [1.82, 2.24) is 0 Å². The van der Waals surface area contributed by atoms with E-state index in [4.69, 9.17) is 9.84 Å². The summed E-state index contributed by atoms with van der Waals surface area (Å²) in [6.45, 7) is 19.9. The minimum absolute atomic E-state index is 0.00923. The van der Waals surface area contributed by atoms with Crippen molar-refractivity contribution >= 4 is 11.9 Å². The molecule has 2 aromatic rings. The molecule has 224 valence electrons. The third kappa shape index (κ3) is 9.34. The number of aliphatic carboxylic acids is 1. The molecule has 40 heavy (non-hydrogen) atoms. The standard InChI is InChI=1S/C18H26F2O2.C14H18F2O2/c1-10(2)12-8-14(19)17(20)16(11(3)4)13(12)9-15(21)22-18(5,6)7;1-7(2)9-5-11(15)14(16)13(8(3)4)10(9)6-12(17)18/h8,10-11H,9H2,1-7H3;5,7-8H,6H2,1-4H3,(H,17,18). The summed E-state index contributed by atoms with van der Waals surface area (Å²) in [7, 11) is 0. The zero-order valence-electron chi connectivity index (χ0n) is 25.6. The van der Waals surface area contributed by atoms with Gasteiger partial charge in [-0.25, -0.2) is 17.6 Å².